The zero-order chi connectivity index (χ0) is 18.8. The minimum absolute atomic E-state index is 0.0534. The van der Waals surface area contributed by atoms with E-state index in [4.69, 9.17) is 19.0 Å². The van der Waals surface area contributed by atoms with E-state index in [1.807, 2.05) is 20.8 Å². The molecule has 10 nitrogen and oxygen atoms in total. The fourth-order valence-corrected chi connectivity index (χ4v) is 5.80. The van der Waals surface area contributed by atoms with E-state index in [0.29, 0.717) is 0 Å². The molecule has 1 aliphatic heterocycles. The van der Waals surface area contributed by atoms with Gasteiger partial charge < -0.3 is 28.8 Å². The summed E-state index contributed by atoms with van der Waals surface area (Å²) in [5.41, 5.74) is 0. The standard InChI is InChI=1S/C10H24BO10P3/c1-5-11-10-8(3)7(2)9(19-10)6-18-22(4,12)20-24(16,17)21-23(13,14)15/h7-12H,4-6H2,1-3H3,(H,16,17)(H2,13,14,15). The van der Waals surface area contributed by atoms with Crippen LogP contribution in [-0.4, -0.2) is 51.9 Å². The predicted molar refractivity (Wildman–Crippen MR) is 90.9 cm³/mol. The maximum absolute atomic E-state index is 11.4. The molecular formula is C10H24BO10P3. The third kappa shape index (κ3) is 7.40. The molecule has 0 aromatic carbocycles. The molecule has 6 unspecified atom stereocenters. The summed E-state index contributed by atoms with van der Waals surface area (Å²) < 4.78 is 40.8. The van der Waals surface area contributed by atoms with Gasteiger partial charge in [0.15, 0.2) is 7.28 Å². The Balaban J connectivity index is 2.61. The lowest BCUT2D eigenvalue weighted by Crippen LogP contribution is -2.22. The van der Waals surface area contributed by atoms with Gasteiger partial charge in [0.2, 0.25) is 0 Å². The van der Waals surface area contributed by atoms with Crippen molar-refractivity contribution in [3.05, 3.63) is 0 Å². The Bertz CT molecular complexity index is 565. The molecule has 24 heavy (non-hydrogen) atoms. The largest absolute Gasteiger partial charge is 0.487 e. The summed E-state index contributed by atoms with van der Waals surface area (Å²) in [6.07, 6.45) is 3.74. The van der Waals surface area contributed by atoms with Crippen molar-refractivity contribution in [3.8, 4) is 0 Å². The van der Waals surface area contributed by atoms with Crippen molar-refractivity contribution in [1.29, 1.82) is 0 Å². The Morgan fingerprint density at radius 1 is 1.12 bits per heavy atom. The molecule has 14 heteroatoms. The fourth-order valence-electron chi connectivity index (χ4n) is 2.48. The van der Waals surface area contributed by atoms with Crippen LogP contribution in [0.4, 0.5) is 0 Å². The molecule has 6 atom stereocenters. The molecule has 1 aliphatic rings. The maximum atomic E-state index is 11.4. The Morgan fingerprint density at radius 2 is 1.71 bits per heavy atom. The molecule has 4 N–H and O–H groups in total. The summed E-state index contributed by atoms with van der Waals surface area (Å²) in [5, 5.41) is 0. The van der Waals surface area contributed by atoms with Crippen LogP contribution in [-0.2, 0) is 27.0 Å². The summed E-state index contributed by atoms with van der Waals surface area (Å²) in [4.78, 5) is 36.1. The maximum Gasteiger partial charge on any atom is 0.487 e. The van der Waals surface area contributed by atoms with Crippen molar-refractivity contribution in [3.63, 3.8) is 0 Å². The molecule has 0 bridgehead atoms. The van der Waals surface area contributed by atoms with E-state index in [-0.39, 0.29) is 30.5 Å². The van der Waals surface area contributed by atoms with Gasteiger partial charge in [-0.1, -0.05) is 27.1 Å². The van der Waals surface area contributed by atoms with Crippen molar-refractivity contribution in [2.75, 3.05) is 6.61 Å². The molecule has 0 amide bonds. The minimum Gasteiger partial charge on any atom is -0.381 e. The average Bonchev–Trinajstić information content (AvgIpc) is 2.61. The van der Waals surface area contributed by atoms with E-state index in [0.717, 1.165) is 13.6 Å². The van der Waals surface area contributed by atoms with Gasteiger partial charge in [-0.15, -0.1) is 0 Å². The third-order valence-corrected chi connectivity index (χ3v) is 7.88. The number of hydrogen-bond acceptors (Lipinski definition) is 7. The lowest BCUT2D eigenvalue weighted by atomic mass is 9.63. The van der Waals surface area contributed by atoms with E-state index >= 15 is 0 Å². The van der Waals surface area contributed by atoms with Crippen LogP contribution in [0.15, 0.2) is 0 Å². The number of phosphoric acid groups is 2. The van der Waals surface area contributed by atoms with E-state index in [1.165, 1.54) is 0 Å². The molecule has 0 spiro atoms. The zero-order valence-corrected chi connectivity index (χ0v) is 16.4. The average molecular weight is 408 g/mol. The monoisotopic (exact) mass is 408 g/mol. The van der Waals surface area contributed by atoms with Crippen molar-refractivity contribution in [1.82, 2.24) is 0 Å². The van der Waals surface area contributed by atoms with E-state index < -0.39 is 23.2 Å². The highest BCUT2D eigenvalue weighted by Crippen LogP contribution is 2.66. The summed E-state index contributed by atoms with van der Waals surface area (Å²) in [7, 11) is -13.7. The van der Waals surface area contributed by atoms with Crippen LogP contribution in [0.2, 0.25) is 6.32 Å². The highest BCUT2D eigenvalue weighted by Gasteiger charge is 2.41. The smallest absolute Gasteiger partial charge is 0.381 e. The number of hydrogen-bond donors (Lipinski definition) is 4. The second kappa shape index (κ2) is 8.46. The highest BCUT2D eigenvalue weighted by molar-refractivity contribution is 7.70. The first-order chi connectivity index (χ1) is 10.8. The van der Waals surface area contributed by atoms with Gasteiger partial charge in [-0.05, 0) is 18.1 Å². The Labute approximate surface area is 141 Å². The first-order valence-electron chi connectivity index (χ1n) is 7.33. The Kier molecular flexibility index (Phi) is 7.95. The first kappa shape index (κ1) is 22.5. The molecule has 0 radical (unpaired) electrons. The summed E-state index contributed by atoms with van der Waals surface area (Å²) in [5.74, 6) is 0.395. The quantitative estimate of drug-likeness (QED) is 0.324. The summed E-state index contributed by atoms with van der Waals surface area (Å²) >= 11 is 0. The van der Waals surface area contributed by atoms with Gasteiger partial charge in [0.25, 0.3) is 7.57 Å². The summed E-state index contributed by atoms with van der Waals surface area (Å²) in [6.45, 7) is 5.90. The Hall–Kier alpha value is 0.505. The van der Waals surface area contributed by atoms with Crippen LogP contribution in [0.25, 0.3) is 0 Å². The van der Waals surface area contributed by atoms with Crippen LogP contribution < -0.4 is 0 Å². The van der Waals surface area contributed by atoms with Crippen LogP contribution >= 0.6 is 23.2 Å². The Morgan fingerprint density at radius 3 is 2.21 bits per heavy atom. The highest BCUT2D eigenvalue weighted by atomic mass is 31.3. The van der Waals surface area contributed by atoms with Crippen LogP contribution in [0.5, 0.6) is 0 Å². The van der Waals surface area contributed by atoms with Gasteiger partial charge in [0.1, 0.15) is 0 Å². The van der Waals surface area contributed by atoms with E-state index in [1.54, 1.807) is 0 Å². The fraction of sp³-hybridized carbons (Fsp3) is 0.900. The van der Waals surface area contributed by atoms with Gasteiger partial charge in [-0.2, -0.15) is 4.31 Å². The molecular weight excluding hydrogens is 384 g/mol. The SMILES string of the molecule is C=P(O)(OCC1OC(BCC)C(C)C1C)OP(=O)(O)OP(=O)(O)O. The first-order valence-corrected chi connectivity index (χ1v) is 12.1. The molecule has 1 fully saturated rings. The number of rotatable bonds is 9. The molecule has 1 saturated heterocycles. The van der Waals surface area contributed by atoms with Crippen molar-refractivity contribution in [2.24, 2.45) is 11.8 Å². The van der Waals surface area contributed by atoms with Gasteiger partial charge in [0.05, 0.1) is 12.7 Å². The third-order valence-electron chi connectivity index (χ3n) is 3.81. The molecule has 0 aromatic heterocycles. The van der Waals surface area contributed by atoms with E-state index in [9.17, 15) is 18.9 Å². The molecule has 142 valence electrons. The van der Waals surface area contributed by atoms with Gasteiger partial charge in [-0.25, -0.2) is 13.4 Å². The van der Waals surface area contributed by atoms with Crippen LogP contribution in [0.3, 0.4) is 0 Å². The van der Waals surface area contributed by atoms with E-state index in [2.05, 4.69) is 14.9 Å². The topological polar surface area (TPSA) is 152 Å². The molecule has 0 aromatic rings. The van der Waals surface area contributed by atoms with Gasteiger partial charge >= 0.3 is 15.6 Å². The van der Waals surface area contributed by atoms with Crippen LogP contribution in [0.1, 0.15) is 20.8 Å². The van der Waals surface area contributed by atoms with Crippen molar-refractivity contribution >= 4 is 36.8 Å². The second-order valence-electron chi connectivity index (χ2n) is 5.78. The normalized spacial score (nSPS) is 33.0. The molecule has 1 rings (SSSR count). The van der Waals surface area contributed by atoms with Crippen LogP contribution in [0, 0.1) is 11.8 Å². The van der Waals surface area contributed by atoms with Gasteiger partial charge in [0, 0.05) is 6.00 Å². The predicted octanol–water partition coefficient (Wildman–Crippen LogP) is 1.29. The molecule has 1 heterocycles. The zero-order valence-electron chi connectivity index (χ0n) is 13.7. The van der Waals surface area contributed by atoms with Crippen molar-refractivity contribution < 1.29 is 46.6 Å². The number of ether oxygens (including phenoxy) is 1. The second-order valence-corrected chi connectivity index (χ2v) is 10.5. The lowest BCUT2D eigenvalue weighted by molar-refractivity contribution is 0.0307. The minimum atomic E-state index is -5.29. The molecule has 0 saturated carbocycles. The van der Waals surface area contributed by atoms with Gasteiger partial charge in [-0.3, -0.25) is 0 Å². The molecule has 0 aliphatic carbocycles. The van der Waals surface area contributed by atoms with Crippen molar-refractivity contribution in [2.45, 2.75) is 39.2 Å². The lowest BCUT2D eigenvalue weighted by Gasteiger charge is -2.23. The summed E-state index contributed by atoms with van der Waals surface area (Å²) in [6, 6.07) is 0.0534.